The first-order valence-electron chi connectivity index (χ1n) is 20.6. The number of nitrogens with zero attached hydrogens (tertiary/aromatic N) is 2. The second kappa shape index (κ2) is 14.2. The Morgan fingerprint density at radius 2 is 1.10 bits per heavy atom. The Balaban J connectivity index is 1.03. The summed E-state index contributed by atoms with van der Waals surface area (Å²) in [6.45, 7) is 2.36. The minimum atomic E-state index is -0.0188. The lowest BCUT2D eigenvalue weighted by Crippen LogP contribution is -2.31. The molecule has 0 saturated carbocycles. The van der Waals surface area contributed by atoms with E-state index < -0.39 is 0 Å². The Labute approximate surface area is 346 Å². The second-order valence-corrected chi connectivity index (χ2v) is 16.0. The van der Waals surface area contributed by atoms with Crippen LogP contribution in [0.2, 0.25) is 0 Å². The molecule has 0 bridgehead atoms. The summed E-state index contributed by atoms with van der Waals surface area (Å²) in [6.07, 6.45) is 13.7. The molecule has 0 fully saturated rings. The van der Waals surface area contributed by atoms with E-state index in [1.54, 1.807) is 0 Å². The molecule has 59 heavy (non-hydrogen) atoms. The molecule has 2 unspecified atom stereocenters. The topological polar surface area (TPSA) is 8.17 Å². The van der Waals surface area contributed by atoms with Crippen LogP contribution in [0.3, 0.4) is 0 Å². The quantitative estimate of drug-likeness (QED) is 0.157. The number of allylic oxidation sites excluding steroid dienone is 5. The normalized spacial score (nSPS) is 16.6. The maximum absolute atomic E-state index is 2.40. The summed E-state index contributed by atoms with van der Waals surface area (Å²) in [7, 11) is 0. The van der Waals surface area contributed by atoms with Gasteiger partial charge in [0, 0.05) is 44.9 Å². The molecule has 11 rings (SSSR count). The molecular formula is C57H42N2. The van der Waals surface area contributed by atoms with E-state index in [0.29, 0.717) is 5.92 Å². The van der Waals surface area contributed by atoms with Gasteiger partial charge in [-0.3, -0.25) is 0 Å². The van der Waals surface area contributed by atoms with E-state index in [9.17, 15) is 0 Å². The van der Waals surface area contributed by atoms with Crippen molar-refractivity contribution in [3.05, 3.63) is 236 Å². The van der Waals surface area contributed by atoms with Crippen LogP contribution in [0.5, 0.6) is 0 Å². The highest BCUT2D eigenvalue weighted by Gasteiger charge is 2.35. The van der Waals surface area contributed by atoms with E-state index in [1.165, 1.54) is 66.3 Å². The second-order valence-electron chi connectivity index (χ2n) is 16.0. The molecule has 0 radical (unpaired) electrons. The summed E-state index contributed by atoms with van der Waals surface area (Å²) >= 11 is 0. The van der Waals surface area contributed by atoms with E-state index in [1.807, 2.05) is 0 Å². The molecule has 2 atom stereocenters. The standard InChI is InChI=1S/C57H42N2/c1-57-36-11-10-19-46(57)32-28-45-37-43(31-35-53(45)57)41-29-33-48(34-30-41)58(49-22-12-17-42(38-49)40-15-4-2-5-16-40)50-23-13-18-44(39-50)51-25-14-27-55-56(51)52-24-8-9-26-54(52)59(55)47-20-6-3-7-21-47/h2-39,46H,1H3. The SMILES string of the molecule is CC12C=CC=CC1C=Cc1cc(-c3ccc(N(c4cccc(-c5ccccc5)c4)c4cccc(-c5cccc6c5c5ccccc5n6-c5ccccc5)c4)cc3)ccc12. The zero-order chi connectivity index (χ0) is 39.3. The molecule has 9 aromatic rings. The van der Waals surface area contributed by atoms with E-state index in [0.717, 1.165) is 22.7 Å². The van der Waals surface area contributed by atoms with E-state index >= 15 is 0 Å². The Morgan fingerprint density at radius 1 is 0.475 bits per heavy atom. The average Bonchev–Trinajstić information content (AvgIpc) is 3.64. The lowest BCUT2D eigenvalue weighted by molar-refractivity contribution is 0.493. The third-order valence-electron chi connectivity index (χ3n) is 12.5. The van der Waals surface area contributed by atoms with E-state index in [4.69, 9.17) is 0 Å². The maximum Gasteiger partial charge on any atom is 0.0547 e. The first-order valence-corrected chi connectivity index (χ1v) is 20.6. The van der Waals surface area contributed by atoms with Crippen LogP contribution in [-0.2, 0) is 5.41 Å². The van der Waals surface area contributed by atoms with Crippen LogP contribution in [0.1, 0.15) is 18.1 Å². The van der Waals surface area contributed by atoms with Crippen LogP contribution in [0.25, 0.3) is 66.9 Å². The largest absolute Gasteiger partial charge is 0.310 e. The molecule has 1 aromatic heterocycles. The maximum atomic E-state index is 2.40. The Kier molecular flexibility index (Phi) is 8.37. The van der Waals surface area contributed by atoms with Gasteiger partial charge in [-0.25, -0.2) is 0 Å². The van der Waals surface area contributed by atoms with Crippen molar-refractivity contribution in [2.45, 2.75) is 12.3 Å². The van der Waals surface area contributed by atoms with Gasteiger partial charge in [-0.2, -0.15) is 0 Å². The molecule has 2 nitrogen and oxygen atoms in total. The highest BCUT2D eigenvalue weighted by atomic mass is 15.1. The molecular weight excluding hydrogens is 713 g/mol. The highest BCUT2D eigenvalue weighted by molar-refractivity contribution is 6.16. The number of aromatic nitrogens is 1. The van der Waals surface area contributed by atoms with Crippen LogP contribution >= 0.6 is 0 Å². The van der Waals surface area contributed by atoms with Crippen molar-refractivity contribution in [2.24, 2.45) is 5.92 Å². The van der Waals surface area contributed by atoms with Crippen molar-refractivity contribution in [1.82, 2.24) is 4.57 Å². The van der Waals surface area contributed by atoms with Crippen molar-refractivity contribution in [1.29, 1.82) is 0 Å². The van der Waals surface area contributed by atoms with Gasteiger partial charge in [-0.05, 0) is 111 Å². The summed E-state index contributed by atoms with van der Waals surface area (Å²) in [5, 5.41) is 2.50. The number of benzene rings is 8. The predicted molar refractivity (Wildman–Crippen MR) is 250 cm³/mol. The summed E-state index contributed by atoms with van der Waals surface area (Å²) < 4.78 is 2.39. The Bertz CT molecular complexity index is 3110. The fourth-order valence-electron chi connectivity index (χ4n) is 9.49. The van der Waals surface area contributed by atoms with Crippen molar-refractivity contribution < 1.29 is 0 Å². The van der Waals surface area contributed by atoms with Gasteiger partial charge in [0.15, 0.2) is 0 Å². The van der Waals surface area contributed by atoms with Gasteiger partial charge in [0.1, 0.15) is 0 Å². The summed E-state index contributed by atoms with van der Waals surface area (Å²) in [5.41, 5.74) is 16.7. The molecule has 8 aromatic carbocycles. The third-order valence-corrected chi connectivity index (χ3v) is 12.5. The molecule has 0 aliphatic heterocycles. The van der Waals surface area contributed by atoms with Crippen molar-refractivity contribution in [3.8, 4) is 39.1 Å². The summed E-state index contributed by atoms with van der Waals surface area (Å²) in [6, 6.07) is 70.8. The zero-order valence-electron chi connectivity index (χ0n) is 32.9. The number of hydrogen-bond donors (Lipinski definition) is 0. The smallest absolute Gasteiger partial charge is 0.0547 e. The van der Waals surface area contributed by atoms with Gasteiger partial charge in [0.25, 0.3) is 0 Å². The first-order chi connectivity index (χ1) is 29.1. The minimum absolute atomic E-state index is 0.0188. The number of fused-ring (bicyclic) bond motifs is 6. The average molecular weight is 755 g/mol. The molecule has 0 saturated heterocycles. The summed E-state index contributed by atoms with van der Waals surface area (Å²) in [5.74, 6) is 0.387. The van der Waals surface area contributed by atoms with E-state index in [-0.39, 0.29) is 5.41 Å². The summed E-state index contributed by atoms with van der Waals surface area (Å²) in [4.78, 5) is 2.40. The predicted octanol–water partition coefficient (Wildman–Crippen LogP) is 15.3. The lowest BCUT2D eigenvalue weighted by atomic mass is 9.65. The highest BCUT2D eigenvalue weighted by Crippen LogP contribution is 2.45. The lowest BCUT2D eigenvalue weighted by Gasteiger charge is -2.38. The van der Waals surface area contributed by atoms with Crippen molar-refractivity contribution in [2.75, 3.05) is 4.90 Å². The first kappa shape index (κ1) is 34.8. The number of anilines is 3. The van der Waals surface area contributed by atoms with Gasteiger partial charge in [-0.15, -0.1) is 0 Å². The number of para-hydroxylation sites is 2. The van der Waals surface area contributed by atoms with Crippen LogP contribution in [-0.4, -0.2) is 4.57 Å². The Morgan fingerprint density at radius 3 is 1.92 bits per heavy atom. The minimum Gasteiger partial charge on any atom is -0.310 e. The number of rotatable bonds is 7. The van der Waals surface area contributed by atoms with Crippen LogP contribution in [0.4, 0.5) is 17.1 Å². The molecule has 0 amide bonds. The monoisotopic (exact) mass is 754 g/mol. The number of hydrogen-bond acceptors (Lipinski definition) is 1. The molecule has 0 N–H and O–H groups in total. The third kappa shape index (κ3) is 5.96. The molecule has 1 heterocycles. The Hall–Kier alpha value is -7.42. The van der Waals surface area contributed by atoms with Gasteiger partial charge in [0.2, 0.25) is 0 Å². The molecule has 2 aliphatic rings. The van der Waals surface area contributed by atoms with Crippen LogP contribution in [0.15, 0.2) is 225 Å². The van der Waals surface area contributed by atoms with Crippen LogP contribution < -0.4 is 4.90 Å². The van der Waals surface area contributed by atoms with E-state index in [2.05, 4.69) is 247 Å². The fourth-order valence-corrected chi connectivity index (χ4v) is 9.49. The molecule has 280 valence electrons. The zero-order valence-corrected chi connectivity index (χ0v) is 32.9. The molecule has 0 spiro atoms. The van der Waals surface area contributed by atoms with Crippen LogP contribution in [0, 0.1) is 5.92 Å². The molecule has 2 heteroatoms. The van der Waals surface area contributed by atoms with Gasteiger partial charge in [0.05, 0.1) is 11.0 Å². The molecule has 2 aliphatic carbocycles. The van der Waals surface area contributed by atoms with Gasteiger partial charge >= 0.3 is 0 Å². The van der Waals surface area contributed by atoms with Crippen molar-refractivity contribution >= 4 is 44.9 Å². The fraction of sp³-hybridized carbons (Fsp3) is 0.0526. The van der Waals surface area contributed by atoms with Gasteiger partial charge < -0.3 is 9.47 Å². The van der Waals surface area contributed by atoms with Gasteiger partial charge in [-0.1, -0.05) is 171 Å². The van der Waals surface area contributed by atoms with Crippen molar-refractivity contribution in [3.63, 3.8) is 0 Å².